The van der Waals surface area contributed by atoms with Crippen molar-refractivity contribution in [3.63, 3.8) is 0 Å². The second-order valence-corrected chi connectivity index (χ2v) is 6.98. The highest BCUT2D eigenvalue weighted by atomic mass is 16.2. The number of carbonyl (C=O) groups is 2. The van der Waals surface area contributed by atoms with E-state index in [1.54, 1.807) is 0 Å². The number of rotatable bonds is 3. The molecule has 2 amide bonds. The van der Waals surface area contributed by atoms with Crippen molar-refractivity contribution in [3.8, 4) is 0 Å². The van der Waals surface area contributed by atoms with Crippen molar-refractivity contribution < 1.29 is 9.59 Å². The zero-order valence-corrected chi connectivity index (χ0v) is 14.4. The Labute approximate surface area is 148 Å². The predicted molar refractivity (Wildman–Crippen MR) is 97.2 cm³/mol. The van der Waals surface area contributed by atoms with E-state index in [1.165, 1.54) is 5.56 Å². The maximum absolute atomic E-state index is 13.1. The third kappa shape index (κ3) is 2.93. The number of benzene rings is 2. The van der Waals surface area contributed by atoms with Gasteiger partial charge < -0.3 is 9.80 Å². The van der Waals surface area contributed by atoms with E-state index in [2.05, 4.69) is 6.07 Å². The van der Waals surface area contributed by atoms with E-state index in [-0.39, 0.29) is 17.7 Å². The number of likely N-dealkylation sites (tertiary alicyclic amines) is 1. The van der Waals surface area contributed by atoms with Crippen molar-refractivity contribution in [2.75, 3.05) is 18.0 Å². The number of hydrogen-bond acceptors (Lipinski definition) is 2. The molecule has 4 rings (SSSR count). The van der Waals surface area contributed by atoms with E-state index in [9.17, 15) is 9.59 Å². The highest BCUT2D eigenvalue weighted by molar-refractivity contribution is 6.01. The van der Waals surface area contributed by atoms with Crippen LogP contribution in [0.3, 0.4) is 0 Å². The average Bonchev–Trinajstić information content (AvgIpc) is 3.20. The molecule has 0 bridgehead atoms. The first kappa shape index (κ1) is 15.9. The lowest BCUT2D eigenvalue weighted by Gasteiger charge is -2.23. The van der Waals surface area contributed by atoms with E-state index >= 15 is 0 Å². The molecule has 0 N–H and O–H groups in total. The fourth-order valence-corrected chi connectivity index (χ4v) is 3.99. The molecule has 128 valence electrons. The van der Waals surface area contributed by atoms with Crippen molar-refractivity contribution in [1.82, 2.24) is 4.90 Å². The van der Waals surface area contributed by atoms with E-state index in [4.69, 9.17) is 0 Å². The zero-order chi connectivity index (χ0) is 17.4. The second-order valence-electron chi connectivity index (χ2n) is 6.98. The standard InChI is InChI=1S/C21H22N2O2/c1-15-6-5-9-17-10-11-23(20(15)17)21(25)18-12-19(24)22(14-18)13-16-7-3-2-4-8-16/h2-9,18H,10-14H2,1H3. The summed E-state index contributed by atoms with van der Waals surface area (Å²) in [5, 5.41) is 0. The Kier molecular flexibility index (Phi) is 4.04. The summed E-state index contributed by atoms with van der Waals surface area (Å²) in [4.78, 5) is 29.1. The first-order valence-corrected chi connectivity index (χ1v) is 8.85. The van der Waals surface area contributed by atoms with E-state index in [0.29, 0.717) is 19.5 Å². The third-order valence-electron chi connectivity index (χ3n) is 5.24. The molecule has 0 radical (unpaired) electrons. The molecule has 0 aromatic heterocycles. The summed E-state index contributed by atoms with van der Waals surface area (Å²) in [6.07, 6.45) is 1.22. The van der Waals surface area contributed by atoms with Gasteiger partial charge in [-0.25, -0.2) is 0 Å². The van der Waals surface area contributed by atoms with Gasteiger partial charge in [-0.1, -0.05) is 48.5 Å². The molecule has 2 aromatic rings. The summed E-state index contributed by atoms with van der Waals surface area (Å²) in [6, 6.07) is 16.1. The Hall–Kier alpha value is -2.62. The van der Waals surface area contributed by atoms with Crippen LogP contribution in [-0.4, -0.2) is 29.8 Å². The maximum atomic E-state index is 13.1. The SMILES string of the molecule is Cc1cccc2c1N(C(=O)C1CC(=O)N(Cc3ccccc3)C1)CC2. The second kappa shape index (κ2) is 6.36. The molecule has 0 spiro atoms. The van der Waals surface area contributed by atoms with Crippen molar-refractivity contribution in [2.45, 2.75) is 26.3 Å². The van der Waals surface area contributed by atoms with Gasteiger partial charge in [-0.05, 0) is 30.0 Å². The molecule has 0 aliphatic carbocycles. The lowest BCUT2D eigenvalue weighted by Crippen LogP contribution is -2.36. The molecule has 25 heavy (non-hydrogen) atoms. The zero-order valence-electron chi connectivity index (χ0n) is 14.4. The highest BCUT2D eigenvalue weighted by Crippen LogP contribution is 2.34. The van der Waals surface area contributed by atoms with Crippen LogP contribution in [-0.2, 0) is 22.6 Å². The molecule has 2 aliphatic heterocycles. The van der Waals surface area contributed by atoms with Crippen LogP contribution in [0.2, 0.25) is 0 Å². The maximum Gasteiger partial charge on any atom is 0.232 e. The highest BCUT2D eigenvalue weighted by Gasteiger charge is 2.38. The minimum atomic E-state index is -0.234. The van der Waals surface area contributed by atoms with Crippen LogP contribution in [0.1, 0.15) is 23.1 Å². The van der Waals surface area contributed by atoms with E-state index in [0.717, 1.165) is 29.8 Å². The number of carbonyl (C=O) groups excluding carboxylic acids is 2. The van der Waals surface area contributed by atoms with Crippen molar-refractivity contribution >= 4 is 17.5 Å². The van der Waals surface area contributed by atoms with Crippen LogP contribution in [0.15, 0.2) is 48.5 Å². The smallest absolute Gasteiger partial charge is 0.232 e. The molecule has 2 heterocycles. The first-order chi connectivity index (χ1) is 12.1. The van der Waals surface area contributed by atoms with Crippen LogP contribution in [0.25, 0.3) is 0 Å². The molecule has 2 aromatic carbocycles. The van der Waals surface area contributed by atoms with Gasteiger partial charge in [0.2, 0.25) is 11.8 Å². The summed E-state index contributed by atoms with van der Waals surface area (Å²) >= 11 is 0. The third-order valence-corrected chi connectivity index (χ3v) is 5.24. The molecule has 1 atom stereocenters. The quantitative estimate of drug-likeness (QED) is 0.866. The Morgan fingerprint density at radius 3 is 2.72 bits per heavy atom. The normalized spacial score (nSPS) is 19.4. The molecule has 0 saturated carbocycles. The van der Waals surface area contributed by atoms with Crippen LogP contribution < -0.4 is 4.90 Å². The number of amides is 2. The molecule has 4 nitrogen and oxygen atoms in total. The molecule has 4 heteroatoms. The Morgan fingerprint density at radius 2 is 1.92 bits per heavy atom. The molecular formula is C21H22N2O2. The molecule has 1 unspecified atom stereocenters. The Bertz CT molecular complexity index is 816. The van der Waals surface area contributed by atoms with E-state index < -0.39 is 0 Å². The van der Waals surface area contributed by atoms with E-state index in [1.807, 2.05) is 59.2 Å². The van der Waals surface area contributed by atoms with Gasteiger partial charge >= 0.3 is 0 Å². The monoisotopic (exact) mass is 334 g/mol. The van der Waals surface area contributed by atoms with Gasteiger partial charge in [0.15, 0.2) is 0 Å². The van der Waals surface area contributed by atoms with Crippen LogP contribution in [0.5, 0.6) is 0 Å². The Balaban J connectivity index is 1.49. The van der Waals surface area contributed by atoms with Gasteiger partial charge in [-0.15, -0.1) is 0 Å². The fourth-order valence-electron chi connectivity index (χ4n) is 3.99. The molecule has 1 saturated heterocycles. The largest absolute Gasteiger partial charge is 0.338 e. The van der Waals surface area contributed by atoms with Gasteiger partial charge in [0.1, 0.15) is 0 Å². The van der Waals surface area contributed by atoms with Gasteiger partial charge in [0, 0.05) is 31.7 Å². The van der Waals surface area contributed by atoms with Gasteiger partial charge in [-0.2, -0.15) is 0 Å². The average molecular weight is 334 g/mol. The van der Waals surface area contributed by atoms with Crippen LogP contribution in [0, 0.1) is 12.8 Å². The predicted octanol–water partition coefficient (Wildman–Crippen LogP) is 2.93. The number of hydrogen-bond donors (Lipinski definition) is 0. The Morgan fingerprint density at radius 1 is 1.12 bits per heavy atom. The van der Waals surface area contributed by atoms with Crippen molar-refractivity contribution in [3.05, 3.63) is 65.2 Å². The molecule has 2 aliphatic rings. The minimum absolute atomic E-state index is 0.0754. The summed E-state index contributed by atoms with van der Waals surface area (Å²) in [7, 11) is 0. The minimum Gasteiger partial charge on any atom is -0.338 e. The number of nitrogens with zero attached hydrogens (tertiary/aromatic N) is 2. The molecule has 1 fully saturated rings. The summed E-state index contributed by atoms with van der Waals surface area (Å²) < 4.78 is 0. The number of aryl methyl sites for hydroxylation is 1. The summed E-state index contributed by atoms with van der Waals surface area (Å²) in [5.74, 6) is -0.0647. The van der Waals surface area contributed by atoms with Gasteiger partial charge in [0.05, 0.1) is 5.92 Å². The number of para-hydroxylation sites is 1. The summed E-state index contributed by atoms with van der Waals surface area (Å²) in [5.41, 5.74) is 4.53. The van der Waals surface area contributed by atoms with Gasteiger partial charge in [0.25, 0.3) is 0 Å². The summed E-state index contributed by atoms with van der Waals surface area (Å²) in [6.45, 7) is 3.87. The lowest BCUT2D eigenvalue weighted by molar-refractivity contribution is -0.128. The molecular weight excluding hydrogens is 312 g/mol. The van der Waals surface area contributed by atoms with Crippen LogP contribution in [0.4, 0.5) is 5.69 Å². The number of fused-ring (bicyclic) bond motifs is 1. The fraction of sp³-hybridized carbons (Fsp3) is 0.333. The first-order valence-electron chi connectivity index (χ1n) is 8.85. The van der Waals surface area contributed by atoms with Crippen molar-refractivity contribution in [2.24, 2.45) is 5.92 Å². The van der Waals surface area contributed by atoms with Gasteiger partial charge in [-0.3, -0.25) is 9.59 Å². The number of anilines is 1. The topological polar surface area (TPSA) is 40.6 Å². The van der Waals surface area contributed by atoms with Crippen molar-refractivity contribution in [1.29, 1.82) is 0 Å². The van der Waals surface area contributed by atoms with Crippen LogP contribution >= 0.6 is 0 Å². The lowest BCUT2D eigenvalue weighted by atomic mass is 10.1.